The van der Waals surface area contributed by atoms with Crippen molar-refractivity contribution in [3.63, 3.8) is 0 Å². The Bertz CT molecular complexity index is 1890. The topological polar surface area (TPSA) is 186 Å². The van der Waals surface area contributed by atoms with E-state index in [1.807, 2.05) is 37.9 Å². The van der Waals surface area contributed by atoms with Gasteiger partial charge in [-0.3, -0.25) is 24.2 Å². The minimum absolute atomic E-state index is 0.0374. The van der Waals surface area contributed by atoms with Crippen molar-refractivity contribution in [3.8, 4) is 0 Å². The number of halogens is 1. The fourth-order valence-corrected chi connectivity index (χ4v) is 10.5. The number of ether oxygens (including phenoxy) is 8. The second-order valence-corrected chi connectivity index (χ2v) is 19.3. The zero-order valence-corrected chi connectivity index (χ0v) is 41.0. The van der Waals surface area contributed by atoms with Crippen LogP contribution in [0, 0.1) is 23.7 Å². The smallest absolute Gasteiger partial charge is 0.419 e. The molecular weight excluding hydrogens is 866 g/mol. The van der Waals surface area contributed by atoms with Crippen molar-refractivity contribution in [3.05, 3.63) is 34.9 Å². The molecule has 4 saturated heterocycles. The zero-order valence-electron chi connectivity index (χ0n) is 40.2. The highest BCUT2D eigenvalue weighted by atomic mass is 35.5. The average Bonchev–Trinajstić information content (AvgIpc) is 3.74. The number of hydrogen-bond donors (Lipinski definition) is 0. The summed E-state index contributed by atoms with van der Waals surface area (Å²) >= 11 is 6.16. The van der Waals surface area contributed by atoms with Gasteiger partial charge in [-0.2, -0.15) is 0 Å². The summed E-state index contributed by atoms with van der Waals surface area (Å²) in [5.74, 6) is -5.37. The van der Waals surface area contributed by atoms with E-state index in [0.717, 1.165) is 10.5 Å². The first-order valence-corrected chi connectivity index (χ1v) is 23.3. The van der Waals surface area contributed by atoms with Crippen LogP contribution in [0.3, 0.4) is 0 Å². The predicted molar refractivity (Wildman–Crippen MR) is 237 cm³/mol. The van der Waals surface area contributed by atoms with Crippen LogP contribution in [0.2, 0.25) is 5.02 Å². The molecule has 0 N–H and O–H groups in total. The van der Waals surface area contributed by atoms with Gasteiger partial charge in [0.05, 0.1) is 41.9 Å². The maximum atomic E-state index is 15.0. The van der Waals surface area contributed by atoms with Crippen molar-refractivity contribution in [2.45, 2.75) is 168 Å². The number of Topliss-reactive ketones (excluding diaryl/α,β-unsaturated/α-hetero) is 1. The summed E-state index contributed by atoms with van der Waals surface area (Å²) in [6, 6.07) is 5.36. The number of benzene rings is 1. The Kier molecular flexibility index (Phi) is 17.0. The monoisotopic (exact) mass is 935 g/mol. The highest BCUT2D eigenvalue weighted by Crippen LogP contribution is 2.44. The second kappa shape index (κ2) is 21.3. The molecule has 17 nitrogen and oxygen atoms in total. The molecule has 1 aromatic carbocycles. The number of amides is 3. The zero-order chi connectivity index (χ0) is 48.3. The third-order valence-corrected chi connectivity index (χ3v) is 14.3. The summed E-state index contributed by atoms with van der Waals surface area (Å²) in [6.07, 6.45) is -7.55. The van der Waals surface area contributed by atoms with E-state index in [0.29, 0.717) is 24.4 Å². The van der Waals surface area contributed by atoms with Crippen LogP contribution in [-0.2, 0) is 58.7 Å². The van der Waals surface area contributed by atoms with Crippen molar-refractivity contribution in [1.82, 2.24) is 14.7 Å². The molecule has 0 aromatic heterocycles. The fourth-order valence-electron chi connectivity index (χ4n) is 10.4. The van der Waals surface area contributed by atoms with Gasteiger partial charge >= 0.3 is 30.2 Å². The number of methoxy groups -OCH3 is 1. The Hall–Kier alpha value is -4.03. The average molecular weight is 937 g/mol. The number of likely N-dealkylation sites (N-methyl/N-ethyl adjacent to an activating group) is 1. The summed E-state index contributed by atoms with van der Waals surface area (Å²) in [6.45, 7) is 19.6. The van der Waals surface area contributed by atoms with E-state index in [9.17, 15) is 24.0 Å². The van der Waals surface area contributed by atoms with Crippen LogP contribution in [0.4, 0.5) is 14.4 Å². The van der Waals surface area contributed by atoms with E-state index in [1.165, 1.54) is 14.0 Å². The Morgan fingerprint density at radius 3 is 2.17 bits per heavy atom. The van der Waals surface area contributed by atoms with Gasteiger partial charge in [0.25, 0.3) is 0 Å². The highest BCUT2D eigenvalue weighted by Gasteiger charge is 2.61. The second-order valence-electron chi connectivity index (χ2n) is 18.8. The van der Waals surface area contributed by atoms with Crippen LogP contribution >= 0.6 is 11.6 Å². The van der Waals surface area contributed by atoms with Crippen molar-refractivity contribution in [2.24, 2.45) is 23.7 Å². The van der Waals surface area contributed by atoms with Gasteiger partial charge in [0.1, 0.15) is 24.6 Å². The van der Waals surface area contributed by atoms with Crippen LogP contribution in [0.1, 0.15) is 101 Å². The standard InChI is InChI=1S/C47H70ClN3O14/c1-14-35-47(11)39(50(43(55)65-47)21-20-32-16-18-33(48)19-17-32)28(6)36(53)25(3)23-46(10,58-13)40(64-42-38(61-31(9)52)34(49(12)15-2)22-27(5)60-42)29(7)37(30(8)41(54)62-35)63-45(57)51-26(4)24-59-44(51)56/h16-19,25-30,34-35,37-40,42H,14-15,20-24H2,1-13H3/t25-,26-,27-,28-,29+,30-,34+,35+,37-,38-,39-,40-,42+,46+,47-/m1/s1. The number of hydrogen-bond acceptors (Lipinski definition) is 15. The molecule has 18 heteroatoms. The van der Waals surface area contributed by atoms with E-state index < -0.39 is 108 Å². The molecule has 0 saturated carbocycles. The quantitative estimate of drug-likeness (QED) is 0.166. The molecule has 4 fully saturated rings. The summed E-state index contributed by atoms with van der Waals surface area (Å²) in [4.78, 5) is 87.9. The van der Waals surface area contributed by atoms with Crippen LogP contribution < -0.4 is 0 Å². The number of imide groups is 1. The SMILES string of the molecule is CC[C@@H]1OC(=O)[C@H](C)[C@H](OC(=O)N2C(=O)OC[C@H]2C)[C@H](C)[C@@H](O[C@@H]2O[C@H](C)C[C@H](N(C)CC)[C@H]2OC(C)=O)[C@@](C)(OC)C[C@@H](C)C(=O)[C@@H](C)[C@H]2N(CCc3ccc(Cl)cc3)C(=O)O[C@]12C. The Labute approximate surface area is 388 Å². The maximum absolute atomic E-state index is 15.0. The van der Waals surface area contributed by atoms with Crippen LogP contribution in [-0.4, -0.2) is 151 Å². The van der Waals surface area contributed by atoms with E-state index in [-0.39, 0.29) is 43.9 Å². The Morgan fingerprint density at radius 1 is 0.938 bits per heavy atom. The van der Waals surface area contributed by atoms with Gasteiger partial charge in [0, 0.05) is 43.4 Å². The van der Waals surface area contributed by atoms with Crippen molar-refractivity contribution in [2.75, 3.05) is 33.9 Å². The minimum atomic E-state index is -1.51. The first kappa shape index (κ1) is 51.9. The lowest BCUT2D eigenvalue weighted by atomic mass is 9.73. The molecule has 5 rings (SSSR count). The molecule has 4 aliphatic heterocycles. The molecule has 0 aliphatic carbocycles. The number of fused-ring (bicyclic) bond motifs is 1. The third-order valence-electron chi connectivity index (χ3n) is 14.1. The first-order valence-electron chi connectivity index (χ1n) is 22.9. The Balaban J connectivity index is 1.65. The summed E-state index contributed by atoms with van der Waals surface area (Å²) < 4.78 is 49.8. The van der Waals surface area contributed by atoms with Crippen LogP contribution in [0.25, 0.3) is 0 Å². The van der Waals surface area contributed by atoms with Crippen molar-refractivity contribution >= 4 is 47.6 Å². The van der Waals surface area contributed by atoms with Crippen molar-refractivity contribution in [1.29, 1.82) is 0 Å². The number of rotatable bonds is 11. The van der Waals surface area contributed by atoms with Crippen molar-refractivity contribution < 1.29 is 66.7 Å². The van der Waals surface area contributed by atoms with Gasteiger partial charge in [-0.15, -0.1) is 0 Å². The molecule has 3 amide bonds. The lowest BCUT2D eigenvalue weighted by molar-refractivity contribution is -0.304. The first-order chi connectivity index (χ1) is 30.5. The molecular formula is C47H70ClN3O14. The van der Waals surface area contributed by atoms with Gasteiger partial charge in [-0.05, 0) is 91.6 Å². The number of esters is 2. The van der Waals surface area contributed by atoms with Gasteiger partial charge < -0.3 is 37.9 Å². The van der Waals surface area contributed by atoms with E-state index in [1.54, 1.807) is 72.4 Å². The number of carbonyl (C=O) groups excluding carboxylic acids is 6. The lowest BCUT2D eigenvalue weighted by Crippen LogP contribution is -2.62. The molecule has 0 spiro atoms. The van der Waals surface area contributed by atoms with Crippen LogP contribution in [0.5, 0.6) is 0 Å². The van der Waals surface area contributed by atoms with Gasteiger partial charge in [0.15, 0.2) is 18.0 Å². The fraction of sp³-hybridized carbons (Fsp3) is 0.745. The molecule has 1 aromatic rings. The minimum Gasteiger partial charge on any atom is -0.458 e. The number of ketones is 1. The molecule has 0 unspecified atom stereocenters. The molecule has 4 aliphatic rings. The van der Waals surface area contributed by atoms with Gasteiger partial charge in [-0.25, -0.2) is 19.3 Å². The molecule has 4 heterocycles. The lowest BCUT2D eigenvalue weighted by Gasteiger charge is -2.49. The normalized spacial score (nSPS) is 37.2. The number of cyclic esters (lactones) is 2. The van der Waals surface area contributed by atoms with Gasteiger partial charge in [-0.1, -0.05) is 58.4 Å². The molecule has 0 bridgehead atoms. The number of nitrogens with zero attached hydrogens (tertiary/aromatic N) is 3. The maximum Gasteiger partial charge on any atom is 0.419 e. The molecule has 65 heavy (non-hydrogen) atoms. The molecule has 364 valence electrons. The summed E-state index contributed by atoms with van der Waals surface area (Å²) in [7, 11) is 3.39. The van der Waals surface area contributed by atoms with Crippen LogP contribution in [0.15, 0.2) is 24.3 Å². The summed E-state index contributed by atoms with van der Waals surface area (Å²) in [5.41, 5.74) is -2.01. The summed E-state index contributed by atoms with van der Waals surface area (Å²) in [5, 5.41) is 0.566. The van der Waals surface area contributed by atoms with E-state index in [2.05, 4.69) is 0 Å². The Morgan fingerprint density at radius 2 is 1.60 bits per heavy atom. The predicted octanol–water partition coefficient (Wildman–Crippen LogP) is 6.82. The molecule has 0 radical (unpaired) electrons. The highest BCUT2D eigenvalue weighted by molar-refractivity contribution is 6.30. The van der Waals surface area contributed by atoms with E-state index in [4.69, 9.17) is 49.5 Å². The van der Waals surface area contributed by atoms with E-state index >= 15 is 4.79 Å². The number of carbonyl (C=O) groups is 6. The third kappa shape index (κ3) is 11.1. The largest absolute Gasteiger partial charge is 0.458 e. The van der Waals surface area contributed by atoms with Gasteiger partial charge in [0.2, 0.25) is 0 Å². The molecule has 15 atom stereocenters.